The number of ether oxygens (including phenoxy) is 3. The van der Waals surface area contributed by atoms with E-state index in [1.807, 2.05) is 18.2 Å². The number of carbonyl (C=O) groups excluding carboxylic acids is 3. The molecule has 3 rings (SSSR count). The maximum atomic E-state index is 12.8. The second kappa shape index (κ2) is 15.5. The van der Waals surface area contributed by atoms with E-state index in [0.717, 1.165) is 11.1 Å². The first-order valence-electron chi connectivity index (χ1n) is 11.5. The Bertz CT molecular complexity index is 1100. The van der Waals surface area contributed by atoms with Crippen LogP contribution in [0.1, 0.15) is 36.5 Å². The lowest BCUT2D eigenvalue weighted by molar-refractivity contribution is -0.179. The summed E-state index contributed by atoms with van der Waals surface area (Å²) in [6, 6.07) is 28.5. The fourth-order valence-electron chi connectivity index (χ4n) is 3.12. The fourth-order valence-corrected chi connectivity index (χ4v) is 3.12. The largest absolute Gasteiger partial charge is 0.461 e. The van der Waals surface area contributed by atoms with Crippen molar-refractivity contribution in [2.75, 3.05) is 0 Å². The number of nitriles is 1. The summed E-state index contributed by atoms with van der Waals surface area (Å²) in [5.41, 5.74) is -0.255. The van der Waals surface area contributed by atoms with Crippen LogP contribution in [0.2, 0.25) is 0 Å². The molecule has 37 heavy (non-hydrogen) atoms. The van der Waals surface area contributed by atoms with Gasteiger partial charge in [-0.25, -0.2) is 4.79 Å². The van der Waals surface area contributed by atoms with E-state index < -0.39 is 36.4 Å². The van der Waals surface area contributed by atoms with Crippen LogP contribution in [0.15, 0.2) is 91.0 Å². The highest BCUT2D eigenvalue weighted by Gasteiger charge is 2.43. The number of esters is 3. The number of hydrogen-bond acceptors (Lipinski definition) is 8. The zero-order valence-electron chi connectivity index (χ0n) is 20.5. The topological polar surface area (TPSA) is 123 Å². The monoisotopic (exact) mass is 503 g/mol. The average Bonchev–Trinajstić information content (AvgIpc) is 2.91. The number of rotatable bonds is 11. The Labute approximate surface area is 216 Å². The molecule has 8 heteroatoms. The molecule has 8 nitrogen and oxygen atoms in total. The standard InChI is InChI=1S/C27H26O7.C2H3N/c28-24(32-18-21-10-4-1-5-11-21)16-27(31,26(30)34-20-23-14-8-3-9-15-23)17-25(29)33-19-22-12-6-2-7-13-22;1-2-3/h1-15,31H,16-20H2;1H3. The Morgan fingerprint density at radius 2 is 0.973 bits per heavy atom. The van der Waals surface area contributed by atoms with Crippen molar-refractivity contribution in [2.45, 2.75) is 45.2 Å². The SMILES string of the molecule is CC#N.O=C(CC(O)(CC(=O)OCc1ccccc1)C(=O)OCc1ccccc1)OCc1ccccc1. The van der Waals surface area contributed by atoms with Gasteiger partial charge < -0.3 is 19.3 Å². The van der Waals surface area contributed by atoms with Crippen molar-refractivity contribution in [3.63, 3.8) is 0 Å². The molecule has 0 fully saturated rings. The number of nitrogens with zero attached hydrogens (tertiary/aromatic N) is 1. The molecule has 0 saturated heterocycles. The van der Waals surface area contributed by atoms with Crippen molar-refractivity contribution in [3.8, 4) is 6.07 Å². The van der Waals surface area contributed by atoms with E-state index in [4.69, 9.17) is 19.5 Å². The smallest absolute Gasteiger partial charge is 0.339 e. The molecule has 0 amide bonds. The predicted molar refractivity (Wildman–Crippen MR) is 134 cm³/mol. The number of carbonyl (C=O) groups is 3. The predicted octanol–water partition coefficient (Wildman–Crippen LogP) is 4.26. The molecule has 0 radical (unpaired) electrons. The van der Waals surface area contributed by atoms with Crippen molar-refractivity contribution in [3.05, 3.63) is 108 Å². The highest BCUT2D eigenvalue weighted by molar-refractivity contribution is 5.90. The molecule has 0 saturated carbocycles. The first-order chi connectivity index (χ1) is 17.9. The Morgan fingerprint density at radius 1 is 0.676 bits per heavy atom. The third kappa shape index (κ3) is 10.8. The summed E-state index contributed by atoms with van der Waals surface area (Å²) in [6.45, 7) is 1.24. The third-order valence-corrected chi connectivity index (χ3v) is 4.95. The second-order valence-electron chi connectivity index (χ2n) is 7.96. The lowest BCUT2D eigenvalue weighted by atomic mass is 9.95. The Morgan fingerprint density at radius 3 is 1.30 bits per heavy atom. The van der Waals surface area contributed by atoms with E-state index in [9.17, 15) is 19.5 Å². The summed E-state index contributed by atoms with van der Waals surface area (Å²) in [5, 5.41) is 18.3. The molecule has 0 heterocycles. The molecule has 0 bridgehead atoms. The summed E-state index contributed by atoms with van der Waals surface area (Å²) in [6.07, 6.45) is -1.51. The van der Waals surface area contributed by atoms with Gasteiger partial charge in [-0.15, -0.1) is 0 Å². The van der Waals surface area contributed by atoms with Crippen molar-refractivity contribution in [1.29, 1.82) is 5.26 Å². The van der Waals surface area contributed by atoms with Crippen LogP contribution >= 0.6 is 0 Å². The van der Waals surface area contributed by atoms with Gasteiger partial charge in [-0.05, 0) is 16.7 Å². The van der Waals surface area contributed by atoms with Gasteiger partial charge in [-0.1, -0.05) is 91.0 Å². The summed E-state index contributed by atoms with van der Waals surface area (Å²) in [4.78, 5) is 37.6. The molecule has 192 valence electrons. The highest BCUT2D eigenvalue weighted by Crippen LogP contribution is 2.21. The van der Waals surface area contributed by atoms with E-state index >= 15 is 0 Å². The van der Waals surface area contributed by atoms with Gasteiger partial charge in [0.1, 0.15) is 19.8 Å². The summed E-state index contributed by atoms with van der Waals surface area (Å²) >= 11 is 0. The van der Waals surface area contributed by atoms with Gasteiger partial charge in [0, 0.05) is 6.92 Å². The minimum atomic E-state index is -2.43. The molecule has 3 aromatic carbocycles. The van der Waals surface area contributed by atoms with E-state index in [-0.39, 0.29) is 19.8 Å². The van der Waals surface area contributed by atoms with E-state index in [2.05, 4.69) is 0 Å². The average molecular weight is 504 g/mol. The molecule has 0 aliphatic carbocycles. The summed E-state index contributed by atoms with van der Waals surface area (Å²) in [7, 11) is 0. The van der Waals surface area contributed by atoms with Crippen molar-refractivity contribution in [1.82, 2.24) is 0 Å². The summed E-state index contributed by atoms with van der Waals surface area (Å²) in [5.74, 6) is -2.80. The minimum absolute atomic E-state index is 0.0345. The summed E-state index contributed by atoms with van der Waals surface area (Å²) < 4.78 is 15.6. The lowest BCUT2D eigenvalue weighted by Gasteiger charge is -2.24. The molecule has 0 spiro atoms. The van der Waals surface area contributed by atoms with E-state index in [0.29, 0.717) is 5.56 Å². The van der Waals surface area contributed by atoms with Crippen LogP contribution in [-0.4, -0.2) is 28.6 Å². The van der Waals surface area contributed by atoms with E-state index in [1.54, 1.807) is 78.9 Å². The van der Waals surface area contributed by atoms with Gasteiger partial charge in [0.25, 0.3) is 0 Å². The molecule has 0 aliphatic rings. The Hall–Kier alpha value is -4.48. The molecule has 0 aliphatic heterocycles. The molecule has 0 unspecified atom stereocenters. The van der Waals surface area contributed by atoms with Gasteiger partial charge in [-0.3, -0.25) is 9.59 Å². The van der Waals surface area contributed by atoms with Crippen LogP contribution in [0.3, 0.4) is 0 Å². The van der Waals surface area contributed by atoms with Crippen LogP contribution in [0, 0.1) is 11.3 Å². The van der Waals surface area contributed by atoms with Gasteiger partial charge in [0.05, 0.1) is 18.9 Å². The number of benzene rings is 3. The zero-order valence-corrected chi connectivity index (χ0v) is 20.5. The molecular weight excluding hydrogens is 474 g/mol. The molecular formula is C29H29NO7. The quantitative estimate of drug-likeness (QED) is 0.304. The van der Waals surface area contributed by atoms with Crippen molar-refractivity contribution >= 4 is 17.9 Å². The molecule has 3 aromatic rings. The number of hydrogen-bond donors (Lipinski definition) is 1. The normalized spacial score (nSPS) is 10.2. The maximum absolute atomic E-state index is 12.8. The molecule has 0 aromatic heterocycles. The van der Waals surface area contributed by atoms with Crippen LogP contribution in [0.4, 0.5) is 0 Å². The fraction of sp³-hybridized carbons (Fsp3) is 0.241. The second-order valence-corrected chi connectivity index (χ2v) is 7.96. The first kappa shape index (κ1) is 28.8. The number of aliphatic hydroxyl groups is 1. The third-order valence-electron chi connectivity index (χ3n) is 4.95. The Kier molecular flexibility index (Phi) is 12.0. The Balaban J connectivity index is 0.00000153. The maximum Gasteiger partial charge on any atom is 0.339 e. The lowest BCUT2D eigenvalue weighted by Crippen LogP contribution is -2.44. The van der Waals surface area contributed by atoms with Crippen LogP contribution in [0.5, 0.6) is 0 Å². The molecule has 0 atom stereocenters. The first-order valence-corrected chi connectivity index (χ1v) is 11.5. The van der Waals surface area contributed by atoms with Crippen LogP contribution < -0.4 is 0 Å². The minimum Gasteiger partial charge on any atom is -0.461 e. The van der Waals surface area contributed by atoms with E-state index in [1.165, 1.54) is 6.92 Å². The zero-order chi connectivity index (χ0) is 26.9. The molecule has 1 N–H and O–H groups in total. The van der Waals surface area contributed by atoms with Crippen molar-refractivity contribution < 1.29 is 33.7 Å². The highest BCUT2D eigenvalue weighted by atomic mass is 16.6. The van der Waals surface area contributed by atoms with Crippen LogP contribution in [0.25, 0.3) is 0 Å². The van der Waals surface area contributed by atoms with Crippen molar-refractivity contribution in [2.24, 2.45) is 0 Å². The van der Waals surface area contributed by atoms with Gasteiger partial charge in [-0.2, -0.15) is 5.26 Å². The van der Waals surface area contributed by atoms with Gasteiger partial charge in [0.15, 0.2) is 5.60 Å². The van der Waals surface area contributed by atoms with Gasteiger partial charge >= 0.3 is 17.9 Å². The van der Waals surface area contributed by atoms with Gasteiger partial charge in [0.2, 0.25) is 0 Å². The van der Waals surface area contributed by atoms with Crippen LogP contribution in [-0.2, 0) is 48.4 Å².